The molecule has 6 rings (SSSR count). The van der Waals surface area contributed by atoms with Crippen LogP contribution in [-0.2, 0) is 45.1 Å². The van der Waals surface area contributed by atoms with E-state index in [0.29, 0.717) is 6.42 Å². The van der Waals surface area contributed by atoms with Crippen molar-refractivity contribution in [1.82, 2.24) is 15.5 Å². The van der Waals surface area contributed by atoms with E-state index in [9.17, 15) is 14.7 Å². The average molecular weight is 728 g/mol. The third-order valence-electron chi connectivity index (χ3n) is 9.88. The minimum Gasteiger partial charge on any atom is -0.467 e. The van der Waals surface area contributed by atoms with Gasteiger partial charge in [0.05, 0.1) is 25.9 Å². The Bertz CT molecular complexity index is 1940. The molecule has 0 unspecified atom stereocenters. The minimum absolute atomic E-state index is 0.00619. The lowest BCUT2D eigenvalue weighted by atomic mass is 9.90. The van der Waals surface area contributed by atoms with Gasteiger partial charge in [-0.1, -0.05) is 134 Å². The Labute approximate surface area is 317 Å². The molecule has 0 saturated carbocycles. The van der Waals surface area contributed by atoms with Crippen LogP contribution in [0.25, 0.3) is 11.1 Å². The SMILES string of the molecule is COC(=O)[C@H](Cc1ccccc1)NC(=O)NCc1cccc(-c2ccc([C@@H]3O[C@H](CN(C)Cc4ccccc4)[C@H](C)[C@H](c4ccc(CO)cc4)O3)cc2)c1. The average Bonchev–Trinajstić information content (AvgIpc) is 3.21. The van der Waals surface area contributed by atoms with Gasteiger partial charge in [-0.15, -0.1) is 0 Å². The normalized spacial score (nSPS) is 18.8. The summed E-state index contributed by atoms with van der Waals surface area (Å²) in [5.74, 6) is -0.427. The maximum Gasteiger partial charge on any atom is 0.328 e. The highest BCUT2D eigenvalue weighted by Crippen LogP contribution is 2.42. The molecule has 1 aliphatic heterocycles. The fourth-order valence-corrected chi connectivity index (χ4v) is 6.87. The summed E-state index contributed by atoms with van der Waals surface area (Å²) in [6.07, 6.45) is -0.541. The van der Waals surface area contributed by atoms with E-state index in [0.717, 1.165) is 52.0 Å². The molecule has 0 radical (unpaired) electrons. The van der Waals surface area contributed by atoms with Gasteiger partial charge in [0.2, 0.25) is 0 Å². The van der Waals surface area contributed by atoms with E-state index in [-0.39, 0.29) is 31.3 Å². The number of nitrogens with one attached hydrogen (secondary N) is 2. The smallest absolute Gasteiger partial charge is 0.328 e. The van der Waals surface area contributed by atoms with Crippen molar-refractivity contribution >= 4 is 12.0 Å². The predicted octanol–water partition coefficient (Wildman–Crippen LogP) is 7.35. The van der Waals surface area contributed by atoms with Crippen LogP contribution in [-0.4, -0.2) is 54.9 Å². The van der Waals surface area contributed by atoms with E-state index < -0.39 is 24.3 Å². The summed E-state index contributed by atoms with van der Waals surface area (Å²) in [5.41, 5.74) is 7.92. The molecule has 0 aliphatic carbocycles. The van der Waals surface area contributed by atoms with E-state index >= 15 is 0 Å². The number of methoxy groups -OCH3 is 1. The topological polar surface area (TPSA) is 109 Å². The first-order valence-corrected chi connectivity index (χ1v) is 18.4. The van der Waals surface area contributed by atoms with Gasteiger partial charge < -0.3 is 30.0 Å². The van der Waals surface area contributed by atoms with Gasteiger partial charge in [-0.3, -0.25) is 4.90 Å². The zero-order valence-corrected chi connectivity index (χ0v) is 31.1. The van der Waals surface area contributed by atoms with Gasteiger partial charge in [-0.25, -0.2) is 9.59 Å². The maximum absolute atomic E-state index is 12.8. The zero-order chi connectivity index (χ0) is 37.9. The van der Waals surface area contributed by atoms with Gasteiger partial charge in [-0.2, -0.15) is 0 Å². The van der Waals surface area contributed by atoms with Crippen LogP contribution in [0.2, 0.25) is 0 Å². The number of benzene rings is 5. The van der Waals surface area contributed by atoms with Crippen molar-refractivity contribution < 1.29 is 28.9 Å². The number of likely N-dealkylation sites (N-methyl/N-ethyl adjacent to an activating group) is 1. The van der Waals surface area contributed by atoms with Crippen molar-refractivity contribution in [2.45, 2.75) is 57.6 Å². The van der Waals surface area contributed by atoms with Gasteiger partial charge >= 0.3 is 12.0 Å². The highest BCUT2D eigenvalue weighted by Gasteiger charge is 2.38. The third-order valence-corrected chi connectivity index (χ3v) is 9.88. The standard InChI is InChI=1S/C45H49N3O6/c1-31-41(29-48(2)28-33-13-8-5-9-14-33)53-44(54-42(31)37-19-17-34(30-49)18-20-37)38-23-21-36(22-24-38)39-16-10-15-35(25-39)27-46-45(51)47-40(43(50)52-3)26-32-11-6-4-7-12-32/h4-25,31,40-42,44,49H,26-30H2,1-3H3,(H2,46,47,51)/t31-,40-,41+,42+,44+/m0/s1. The van der Waals surface area contributed by atoms with Crippen LogP contribution in [0, 0.1) is 5.92 Å². The molecule has 1 aliphatic rings. The number of nitrogens with zero attached hydrogens (tertiary/aromatic N) is 1. The molecule has 2 amide bonds. The molecule has 5 atom stereocenters. The molecule has 1 fully saturated rings. The Balaban J connectivity index is 1.12. The van der Waals surface area contributed by atoms with Gasteiger partial charge in [0, 0.05) is 37.5 Å². The second-order valence-electron chi connectivity index (χ2n) is 13.9. The molecule has 3 N–H and O–H groups in total. The number of aliphatic hydroxyl groups is 1. The summed E-state index contributed by atoms with van der Waals surface area (Å²) in [4.78, 5) is 27.5. The van der Waals surface area contributed by atoms with Crippen molar-refractivity contribution in [1.29, 1.82) is 0 Å². The molecule has 54 heavy (non-hydrogen) atoms. The number of esters is 1. The van der Waals surface area contributed by atoms with E-state index in [1.807, 2.05) is 97.1 Å². The Morgan fingerprint density at radius 3 is 2.07 bits per heavy atom. The van der Waals surface area contributed by atoms with Crippen LogP contribution in [0.3, 0.4) is 0 Å². The molecule has 280 valence electrons. The Morgan fingerprint density at radius 1 is 0.759 bits per heavy atom. The van der Waals surface area contributed by atoms with Crippen LogP contribution in [0.1, 0.15) is 52.7 Å². The fourth-order valence-electron chi connectivity index (χ4n) is 6.87. The van der Waals surface area contributed by atoms with Crippen molar-refractivity contribution in [3.63, 3.8) is 0 Å². The first kappa shape index (κ1) is 38.4. The number of urea groups is 1. The summed E-state index contributed by atoms with van der Waals surface area (Å²) in [6.45, 7) is 3.99. The molecule has 0 spiro atoms. The van der Waals surface area contributed by atoms with Crippen molar-refractivity contribution in [2.24, 2.45) is 5.92 Å². The molecule has 1 heterocycles. The lowest BCUT2D eigenvalue weighted by Crippen LogP contribution is -2.47. The number of carbonyl (C=O) groups excluding carboxylic acids is 2. The van der Waals surface area contributed by atoms with Gasteiger partial charge in [-0.05, 0) is 52.1 Å². The first-order valence-electron chi connectivity index (χ1n) is 18.4. The number of hydrogen-bond donors (Lipinski definition) is 3. The Hall–Kier alpha value is -5.32. The van der Waals surface area contributed by atoms with Crippen LogP contribution < -0.4 is 10.6 Å². The Kier molecular flexibility index (Phi) is 13.2. The lowest BCUT2D eigenvalue weighted by Gasteiger charge is -2.42. The van der Waals surface area contributed by atoms with E-state index in [2.05, 4.69) is 65.9 Å². The molecule has 5 aromatic rings. The fraction of sp³-hybridized carbons (Fsp3) is 0.289. The van der Waals surface area contributed by atoms with Crippen LogP contribution in [0.4, 0.5) is 4.79 Å². The quantitative estimate of drug-likeness (QED) is 0.103. The van der Waals surface area contributed by atoms with Crippen LogP contribution >= 0.6 is 0 Å². The molecule has 5 aromatic carbocycles. The van der Waals surface area contributed by atoms with Gasteiger partial charge in [0.15, 0.2) is 6.29 Å². The number of aliphatic hydroxyl groups excluding tert-OH is 1. The summed E-state index contributed by atoms with van der Waals surface area (Å²) in [6, 6.07) is 42.8. The van der Waals surface area contributed by atoms with Gasteiger partial charge in [0.25, 0.3) is 0 Å². The predicted molar refractivity (Wildman–Crippen MR) is 209 cm³/mol. The molecule has 0 bridgehead atoms. The second kappa shape index (κ2) is 18.6. The second-order valence-corrected chi connectivity index (χ2v) is 13.9. The summed E-state index contributed by atoms with van der Waals surface area (Å²) in [7, 11) is 3.43. The number of rotatable bonds is 14. The van der Waals surface area contributed by atoms with Crippen LogP contribution in [0.15, 0.2) is 133 Å². The molecule has 9 nitrogen and oxygen atoms in total. The minimum atomic E-state index is -0.810. The van der Waals surface area contributed by atoms with Gasteiger partial charge in [0.1, 0.15) is 6.04 Å². The first-order chi connectivity index (χ1) is 26.3. The molecular weight excluding hydrogens is 679 g/mol. The largest absolute Gasteiger partial charge is 0.467 e. The van der Waals surface area contributed by atoms with E-state index in [1.54, 1.807) is 0 Å². The number of ether oxygens (including phenoxy) is 3. The third kappa shape index (κ3) is 10.2. The number of hydrogen-bond acceptors (Lipinski definition) is 7. The molecule has 1 saturated heterocycles. The summed E-state index contributed by atoms with van der Waals surface area (Å²) in [5, 5.41) is 15.2. The van der Waals surface area contributed by atoms with Crippen molar-refractivity contribution in [3.8, 4) is 11.1 Å². The number of carbonyl (C=O) groups is 2. The number of amides is 2. The Morgan fingerprint density at radius 2 is 1.41 bits per heavy atom. The van der Waals surface area contributed by atoms with E-state index in [1.165, 1.54) is 12.7 Å². The summed E-state index contributed by atoms with van der Waals surface area (Å²) >= 11 is 0. The lowest BCUT2D eigenvalue weighted by molar-refractivity contribution is -0.276. The highest BCUT2D eigenvalue weighted by atomic mass is 16.7. The van der Waals surface area contributed by atoms with Crippen LogP contribution in [0.5, 0.6) is 0 Å². The molecular formula is C45H49N3O6. The molecule has 9 heteroatoms. The summed E-state index contributed by atoms with van der Waals surface area (Å²) < 4.78 is 18.3. The zero-order valence-electron chi connectivity index (χ0n) is 31.1. The maximum atomic E-state index is 12.8. The highest BCUT2D eigenvalue weighted by molar-refractivity contribution is 5.83. The van der Waals surface area contributed by atoms with Crippen molar-refractivity contribution in [3.05, 3.63) is 167 Å². The van der Waals surface area contributed by atoms with E-state index in [4.69, 9.17) is 14.2 Å². The molecule has 0 aromatic heterocycles. The van der Waals surface area contributed by atoms with Crippen molar-refractivity contribution in [2.75, 3.05) is 20.7 Å². The monoisotopic (exact) mass is 727 g/mol.